The molecule has 0 aromatic carbocycles. The van der Waals surface area contributed by atoms with Crippen LogP contribution in [-0.4, -0.2) is 17.3 Å². The summed E-state index contributed by atoms with van der Waals surface area (Å²) in [6.07, 6.45) is 3.65. The van der Waals surface area contributed by atoms with Crippen LogP contribution in [0.3, 0.4) is 0 Å². The van der Waals surface area contributed by atoms with Crippen LogP contribution in [0.4, 0.5) is 13.2 Å². The maximum Gasteiger partial charge on any atom is 0.441 e. The van der Waals surface area contributed by atoms with E-state index >= 15 is 0 Å². The maximum absolute atomic E-state index is 11.9. The lowest BCUT2D eigenvalue weighted by Crippen LogP contribution is -2.36. The van der Waals surface area contributed by atoms with E-state index in [-0.39, 0.29) is 29.5 Å². The average molecular weight is 241 g/mol. The van der Waals surface area contributed by atoms with Gasteiger partial charge in [0, 0.05) is 11.8 Å². The van der Waals surface area contributed by atoms with Crippen molar-refractivity contribution in [2.24, 2.45) is 17.6 Å². The van der Waals surface area contributed by atoms with Gasteiger partial charge in [0.25, 0.3) is 0 Å². The highest BCUT2D eigenvalue weighted by molar-refractivity contribution is 8.00. The van der Waals surface area contributed by atoms with Crippen LogP contribution in [0.25, 0.3) is 0 Å². The number of alkyl halides is 3. The van der Waals surface area contributed by atoms with E-state index in [1.54, 1.807) is 0 Å². The Balaban J connectivity index is 2.24. The first-order chi connectivity index (χ1) is 6.88. The van der Waals surface area contributed by atoms with E-state index in [2.05, 4.69) is 6.92 Å². The van der Waals surface area contributed by atoms with E-state index in [0.29, 0.717) is 12.3 Å². The van der Waals surface area contributed by atoms with Crippen molar-refractivity contribution in [3.63, 3.8) is 0 Å². The molecule has 0 saturated heterocycles. The quantitative estimate of drug-likeness (QED) is 0.819. The summed E-state index contributed by atoms with van der Waals surface area (Å²) in [5.74, 6) is 1.04. The monoisotopic (exact) mass is 241 g/mol. The van der Waals surface area contributed by atoms with Crippen LogP contribution in [0.15, 0.2) is 0 Å². The third kappa shape index (κ3) is 5.11. The van der Waals surface area contributed by atoms with E-state index in [4.69, 9.17) is 5.73 Å². The fraction of sp³-hybridized carbons (Fsp3) is 1.00. The molecule has 0 aromatic rings. The lowest BCUT2D eigenvalue weighted by atomic mass is 9.78. The van der Waals surface area contributed by atoms with Crippen molar-refractivity contribution in [2.45, 2.75) is 44.2 Å². The Morgan fingerprint density at radius 2 is 2.00 bits per heavy atom. The van der Waals surface area contributed by atoms with Crippen molar-refractivity contribution in [3.05, 3.63) is 0 Å². The van der Waals surface area contributed by atoms with Crippen LogP contribution in [0.1, 0.15) is 32.6 Å². The standard InChI is InChI=1S/C10H18F3NS/c1-7-2-3-9(14)8(6-7)4-5-15-10(11,12)13/h7-9H,2-6,14H2,1H3. The van der Waals surface area contributed by atoms with E-state index in [9.17, 15) is 13.2 Å². The molecule has 15 heavy (non-hydrogen) atoms. The summed E-state index contributed by atoms with van der Waals surface area (Å²) in [4.78, 5) is 0. The highest BCUT2D eigenvalue weighted by Gasteiger charge is 2.30. The fourth-order valence-electron chi connectivity index (χ4n) is 2.18. The molecule has 0 aromatic heterocycles. The molecule has 5 heteroatoms. The van der Waals surface area contributed by atoms with Gasteiger partial charge in [-0.1, -0.05) is 18.7 Å². The first-order valence-electron chi connectivity index (χ1n) is 5.35. The molecule has 2 N–H and O–H groups in total. The molecule has 1 rings (SSSR count). The molecule has 1 aliphatic rings. The number of hydrogen-bond acceptors (Lipinski definition) is 2. The average Bonchev–Trinajstić information content (AvgIpc) is 2.09. The number of hydrogen-bond donors (Lipinski definition) is 1. The molecule has 0 radical (unpaired) electrons. The summed E-state index contributed by atoms with van der Waals surface area (Å²) >= 11 is 0.0749. The molecular formula is C10H18F3NS. The van der Waals surface area contributed by atoms with Gasteiger partial charge in [-0.15, -0.1) is 0 Å². The first-order valence-corrected chi connectivity index (χ1v) is 6.33. The smallest absolute Gasteiger partial charge is 0.327 e. The molecule has 0 aliphatic heterocycles. The Labute approximate surface area is 93.0 Å². The van der Waals surface area contributed by atoms with Gasteiger partial charge in [-0.2, -0.15) is 13.2 Å². The van der Waals surface area contributed by atoms with Crippen LogP contribution >= 0.6 is 11.8 Å². The van der Waals surface area contributed by atoms with E-state index < -0.39 is 5.51 Å². The first kappa shape index (κ1) is 13.2. The van der Waals surface area contributed by atoms with Gasteiger partial charge in [-0.3, -0.25) is 0 Å². The summed E-state index contributed by atoms with van der Waals surface area (Å²) in [6.45, 7) is 2.15. The van der Waals surface area contributed by atoms with Gasteiger partial charge in [-0.05, 0) is 37.5 Å². The second-order valence-electron chi connectivity index (χ2n) is 4.43. The molecule has 1 aliphatic carbocycles. The molecule has 0 amide bonds. The molecule has 0 heterocycles. The topological polar surface area (TPSA) is 26.0 Å². The molecule has 3 atom stereocenters. The normalized spacial score (nSPS) is 33.0. The molecule has 90 valence electrons. The second-order valence-corrected chi connectivity index (χ2v) is 5.58. The van der Waals surface area contributed by atoms with Crippen LogP contribution in [0.5, 0.6) is 0 Å². The zero-order chi connectivity index (χ0) is 11.5. The SMILES string of the molecule is CC1CCC(N)C(CCSC(F)(F)F)C1. The molecular weight excluding hydrogens is 223 g/mol. The predicted octanol–water partition coefficient (Wildman–Crippen LogP) is 3.39. The van der Waals surface area contributed by atoms with Crippen molar-refractivity contribution in [1.29, 1.82) is 0 Å². The fourth-order valence-corrected chi connectivity index (χ4v) is 2.83. The predicted molar refractivity (Wildman–Crippen MR) is 57.6 cm³/mol. The van der Waals surface area contributed by atoms with E-state index in [0.717, 1.165) is 19.3 Å². The largest absolute Gasteiger partial charge is 0.441 e. The van der Waals surface area contributed by atoms with E-state index in [1.807, 2.05) is 0 Å². The zero-order valence-electron chi connectivity index (χ0n) is 8.89. The van der Waals surface area contributed by atoms with Crippen molar-refractivity contribution in [3.8, 4) is 0 Å². The molecule has 1 nitrogen and oxygen atoms in total. The van der Waals surface area contributed by atoms with Gasteiger partial charge in [0.05, 0.1) is 0 Å². The maximum atomic E-state index is 11.9. The summed E-state index contributed by atoms with van der Waals surface area (Å²) in [7, 11) is 0. The molecule has 1 saturated carbocycles. The minimum Gasteiger partial charge on any atom is -0.327 e. The Kier molecular flexibility index (Phi) is 4.77. The number of rotatable bonds is 3. The van der Waals surface area contributed by atoms with Gasteiger partial charge in [0.1, 0.15) is 0 Å². The van der Waals surface area contributed by atoms with Crippen molar-refractivity contribution in [2.75, 3.05) is 5.75 Å². The highest BCUT2D eigenvalue weighted by atomic mass is 32.2. The summed E-state index contributed by atoms with van der Waals surface area (Å²) < 4.78 is 35.7. The molecule has 0 bridgehead atoms. The summed E-state index contributed by atoms with van der Waals surface area (Å²) in [5.41, 5.74) is 1.81. The van der Waals surface area contributed by atoms with Gasteiger partial charge in [0.2, 0.25) is 0 Å². The van der Waals surface area contributed by atoms with Crippen LogP contribution in [0.2, 0.25) is 0 Å². The van der Waals surface area contributed by atoms with Crippen LogP contribution < -0.4 is 5.73 Å². The second kappa shape index (κ2) is 5.43. The van der Waals surface area contributed by atoms with Crippen molar-refractivity contribution < 1.29 is 13.2 Å². The van der Waals surface area contributed by atoms with Gasteiger partial charge >= 0.3 is 5.51 Å². The highest BCUT2D eigenvalue weighted by Crippen LogP contribution is 2.35. The van der Waals surface area contributed by atoms with Crippen LogP contribution in [-0.2, 0) is 0 Å². The Hall–Kier alpha value is 0.100. The Morgan fingerprint density at radius 3 is 2.60 bits per heavy atom. The molecule has 0 spiro atoms. The van der Waals surface area contributed by atoms with Gasteiger partial charge < -0.3 is 5.73 Å². The van der Waals surface area contributed by atoms with Crippen molar-refractivity contribution in [1.82, 2.24) is 0 Å². The molecule has 1 fully saturated rings. The van der Waals surface area contributed by atoms with E-state index in [1.165, 1.54) is 0 Å². The third-order valence-electron chi connectivity index (χ3n) is 3.06. The van der Waals surface area contributed by atoms with Gasteiger partial charge in [-0.25, -0.2) is 0 Å². The Morgan fingerprint density at radius 1 is 1.33 bits per heavy atom. The number of thioether (sulfide) groups is 1. The minimum absolute atomic E-state index is 0.0749. The minimum atomic E-state index is -4.09. The summed E-state index contributed by atoms with van der Waals surface area (Å²) in [6, 6.07) is 0.107. The number of nitrogens with two attached hydrogens (primary N) is 1. The van der Waals surface area contributed by atoms with Gasteiger partial charge in [0.15, 0.2) is 0 Å². The van der Waals surface area contributed by atoms with Crippen LogP contribution in [0, 0.1) is 11.8 Å². The third-order valence-corrected chi connectivity index (χ3v) is 3.82. The van der Waals surface area contributed by atoms with Crippen molar-refractivity contribution >= 4 is 11.8 Å². The lowest BCUT2D eigenvalue weighted by Gasteiger charge is -2.32. The molecule has 3 unspecified atom stereocenters. The Bertz CT molecular complexity index is 196. The summed E-state index contributed by atoms with van der Waals surface area (Å²) in [5, 5.41) is 0. The zero-order valence-corrected chi connectivity index (χ0v) is 9.70. The number of halogens is 3. The lowest BCUT2D eigenvalue weighted by molar-refractivity contribution is -0.0328.